The molecule has 2 heteroatoms. The van der Waals surface area contributed by atoms with Crippen LogP contribution in [-0.2, 0) is 9.53 Å². The lowest BCUT2D eigenvalue weighted by molar-refractivity contribution is -0.157. The van der Waals surface area contributed by atoms with Gasteiger partial charge in [0.1, 0.15) is 6.10 Å². The fourth-order valence-corrected chi connectivity index (χ4v) is 7.88. The lowest BCUT2D eigenvalue weighted by Gasteiger charge is -2.41. The van der Waals surface area contributed by atoms with Gasteiger partial charge < -0.3 is 4.74 Å². The van der Waals surface area contributed by atoms with Gasteiger partial charge in [0.2, 0.25) is 0 Å². The first-order valence-electron chi connectivity index (χ1n) is 14.3. The van der Waals surface area contributed by atoms with E-state index in [1.165, 1.54) is 89.9 Å². The standard InChI is InChI=1S/C29H50O2/c1-3-4-22-7-11-27(12-8-22)29(30)31-28-19-17-26(18-20-28)25-15-13-24(14-16-25)23-9-5-21(2)6-10-23/h21-28H,3-20H2,1-2H3. The minimum Gasteiger partial charge on any atom is -0.462 e. The van der Waals surface area contributed by atoms with Crippen LogP contribution in [0.3, 0.4) is 0 Å². The van der Waals surface area contributed by atoms with Crippen molar-refractivity contribution in [2.45, 2.75) is 136 Å². The zero-order chi connectivity index (χ0) is 21.6. The van der Waals surface area contributed by atoms with Crippen LogP contribution in [0.25, 0.3) is 0 Å². The van der Waals surface area contributed by atoms with Gasteiger partial charge in [-0.25, -0.2) is 0 Å². The molecular weight excluding hydrogens is 380 g/mol. The van der Waals surface area contributed by atoms with Crippen molar-refractivity contribution < 1.29 is 9.53 Å². The minimum atomic E-state index is 0.140. The number of hydrogen-bond donors (Lipinski definition) is 0. The summed E-state index contributed by atoms with van der Waals surface area (Å²) in [4.78, 5) is 12.7. The van der Waals surface area contributed by atoms with Crippen LogP contribution in [0.2, 0.25) is 0 Å². The fraction of sp³-hybridized carbons (Fsp3) is 0.966. The smallest absolute Gasteiger partial charge is 0.309 e. The second-order valence-electron chi connectivity index (χ2n) is 12.2. The van der Waals surface area contributed by atoms with Crippen LogP contribution in [0, 0.1) is 41.4 Å². The second-order valence-corrected chi connectivity index (χ2v) is 12.2. The highest BCUT2D eigenvalue weighted by Gasteiger charge is 2.35. The van der Waals surface area contributed by atoms with Crippen molar-refractivity contribution in [1.29, 1.82) is 0 Å². The van der Waals surface area contributed by atoms with Crippen molar-refractivity contribution >= 4 is 5.97 Å². The molecule has 0 aromatic heterocycles. The second kappa shape index (κ2) is 11.6. The molecule has 0 spiro atoms. The third-order valence-corrected chi connectivity index (χ3v) is 10.1. The minimum absolute atomic E-state index is 0.140. The molecule has 0 N–H and O–H groups in total. The van der Waals surface area contributed by atoms with Gasteiger partial charge in [0.15, 0.2) is 0 Å². The summed E-state index contributed by atoms with van der Waals surface area (Å²) in [5, 5.41) is 0. The molecule has 0 unspecified atom stereocenters. The van der Waals surface area contributed by atoms with Gasteiger partial charge in [-0.3, -0.25) is 4.79 Å². The Balaban J connectivity index is 1.12. The Hall–Kier alpha value is -0.530. The van der Waals surface area contributed by atoms with Crippen LogP contribution in [0.4, 0.5) is 0 Å². The van der Waals surface area contributed by atoms with Crippen LogP contribution in [0.15, 0.2) is 0 Å². The first-order valence-corrected chi connectivity index (χ1v) is 14.3. The van der Waals surface area contributed by atoms with Crippen LogP contribution in [0.5, 0.6) is 0 Å². The van der Waals surface area contributed by atoms with E-state index in [0.29, 0.717) is 0 Å². The van der Waals surface area contributed by atoms with Crippen LogP contribution in [0.1, 0.15) is 129 Å². The molecule has 0 heterocycles. The first kappa shape index (κ1) is 23.6. The Morgan fingerprint density at radius 2 is 1.10 bits per heavy atom. The maximum absolute atomic E-state index is 12.7. The molecule has 0 aromatic carbocycles. The summed E-state index contributed by atoms with van der Waals surface area (Å²) in [6, 6.07) is 0. The Bertz CT molecular complexity index is 525. The molecule has 4 fully saturated rings. The maximum Gasteiger partial charge on any atom is 0.309 e. The summed E-state index contributed by atoms with van der Waals surface area (Å²) >= 11 is 0. The average Bonchev–Trinajstić information content (AvgIpc) is 2.81. The molecule has 2 nitrogen and oxygen atoms in total. The molecular formula is C29H50O2. The zero-order valence-electron chi connectivity index (χ0n) is 20.7. The summed E-state index contributed by atoms with van der Waals surface area (Å²) < 4.78 is 6.03. The van der Waals surface area contributed by atoms with Gasteiger partial charge in [-0.15, -0.1) is 0 Å². The number of carbonyl (C=O) groups excluding carboxylic acids is 1. The summed E-state index contributed by atoms with van der Waals surface area (Å²) in [7, 11) is 0. The summed E-state index contributed by atoms with van der Waals surface area (Å²) in [6.07, 6.45) is 24.3. The Morgan fingerprint density at radius 1 is 0.645 bits per heavy atom. The van der Waals surface area contributed by atoms with Crippen molar-refractivity contribution in [1.82, 2.24) is 0 Å². The number of rotatable bonds is 6. The topological polar surface area (TPSA) is 26.3 Å². The Labute approximate surface area is 192 Å². The van der Waals surface area contributed by atoms with E-state index >= 15 is 0 Å². The monoisotopic (exact) mass is 430 g/mol. The lowest BCUT2D eigenvalue weighted by Crippen LogP contribution is -2.33. The summed E-state index contributed by atoms with van der Waals surface area (Å²) in [6.45, 7) is 4.72. The zero-order valence-corrected chi connectivity index (χ0v) is 20.7. The third kappa shape index (κ3) is 6.50. The van der Waals surface area contributed by atoms with Gasteiger partial charge in [0, 0.05) is 0 Å². The van der Waals surface area contributed by atoms with Gasteiger partial charge in [-0.2, -0.15) is 0 Å². The van der Waals surface area contributed by atoms with Gasteiger partial charge >= 0.3 is 5.97 Å². The Morgan fingerprint density at radius 3 is 1.58 bits per heavy atom. The number of ether oxygens (including phenoxy) is 1. The largest absolute Gasteiger partial charge is 0.462 e. The molecule has 0 atom stereocenters. The molecule has 178 valence electrons. The first-order chi connectivity index (χ1) is 15.1. The molecule has 0 amide bonds. The van der Waals surface area contributed by atoms with Crippen molar-refractivity contribution in [3.63, 3.8) is 0 Å². The summed E-state index contributed by atoms with van der Waals surface area (Å²) in [5.74, 6) is 6.13. The van der Waals surface area contributed by atoms with E-state index < -0.39 is 0 Å². The molecule has 0 aromatic rings. The predicted octanol–water partition coefficient (Wildman–Crippen LogP) is 8.33. The fourth-order valence-electron chi connectivity index (χ4n) is 7.88. The number of esters is 1. The van der Waals surface area contributed by atoms with Crippen LogP contribution in [-0.4, -0.2) is 12.1 Å². The van der Waals surface area contributed by atoms with E-state index in [-0.39, 0.29) is 18.0 Å². The van der Waals surface area contributed by atoms with E-state index in [0.717, 1.165) is 61.2 Å². The average molecular weight is 431 g/mol. The molecule has 4 aliphatic rings. The number of hydrogen-bond acceptors (Lipinski definition) is 2. The van der Waals surface area contributed by atoms with Crippen molar-refractivity contribution in [2.75, 3.05) is 0 Å². The summed E-state index contributed by atoms with van der Waals surface area (Å²) in [5.41, 5.74) is 0. The van der Waals surface area contributed by atoms with Gasteiger partial charge in [0.05, 0.1) is 5.92 Å². The van der Waals surface area contributed by atoms with Crippen molar-refractivity contribution in [3.8, 4) is 0 Å². The SMILES string of the molecule is CCCC1CCC(C(=O)OC2CCC(C3CCC(C4CCC(C)CC4)CC3)CC2)CC1. The highest BCUT2D eigenvalue weighted by Crippen LogP contribution is 2.45. The molecule has 0 bridgehead atoms. The highest BCUT2D eigenvalue weighted by molar-refractivity contribution is 5.72. The molecule has 0 radical (unpaired) electrons. The van der Waals surface area contributed by atoms with E-state index in [2.05, 4.69) is 13.8 Å². The number of carbonyl (C=O) groups is 1. The van der Waals surface area contributed by atoms with Gasteiger partial charge in [-0.05, 0) is 125 Å². The van der Waals surface area contributed by atoms with E-state index in [4.69, 9.17) is 4.74 Å². The van der Waals surface area contributed by atoms with Gasteiger partial charge in [0.25, 0.3) is 0 Å². The maximum atomic E-state index is 12.7. The molecule has 4 saturated carbocycles. The van der Waals surface area contributed by atoms with E-state index in [1.807, 2.05) is 0 Å². The van der Waals surface area contributed by atoms with Crippen LogP contribution < -0.4 is 0 Å². The molecule has 0 aliphatic heterocycles. The highest BCUT2D eigenvalue weighted by atomic mass is 16.5. The molecule has 4 rings (SSSR count). The predicted molar refractivity (Wildman–Crippen MR) is 129 cm³/mol. The van der Waals surface area contributed by atoms with E-state index in [9.17, 15) is 4.79 Å². The lowest BCUT2D eigenvalue weighted by atomic mass is 9.65. The van der Waals surface area contributed by atoms with Crippen molar-refractivity contribution in [2.24, 2.45) is 41.4 Å². The molecule has 0 saturated heterocycles. The molecule has 4 aliphatic carbocycles. The quantitative estimate of drug-likeness (QED) is 0.396. The Kier molecular flexibility index (Phi) is 8.80. The van der Waals surface area contributed by atoms with Crippen LogP contribution >= 0.6 is 0 Å². The normalized spacial score (nSPS) is 42.1. The molecule has 31 heavy (non-hydrogen) atoms. The third-order valence-electron chi connectivity index (χ3n) is 10.1. The van der Waals surface area contributed by atoms with Crippen molar-refractivity contribution in [3.05, 3.63) is 0 Å². The van der Waals surface area contributed by atoms with E-state index in [1.54, 1.807) is 0 Å². The van der Waals surface area contributed by atoms with Gasteiger partial charge in [-0.1, -0.05) is 39.5 Å².